The van der Waals surface area contributed by atoms with Crippen molar-refractivity contribution in [3.63, 3.8) is 0 Å². The lowest BCUT2D eigenvalue weighted by atomic mass is 10.0. The third kappa shape index (κ3) is 10.3. The number of likely N-dealkylation sites (tertiary alicyclic amines) is 1. The van der Waals surface area contributed by atoms with Crippen LogP contribution in [-0.4, -0.2) is 48.1 Å². The van der Waals surface area contributed by atoms with Crippen LogP contribution in [-0.2, 0) is 6.54 Å². The van der Waals surface area contributed by atoms with E-state index in [0.717, 1.165) is 63.1 Å². The first kappa shape index (κ1) is 24.1. The zero-order chi connectivity index (χ0) is 18.6. The van der Waals surface area contributed by atoms with E-state index in [-0.39, 0.29) is 24.0 Å². The van der Waals surface area contributed by atoms with Gasteiger partial charge in [0.25, 0.3) is 0 Å². The third-order valence-electron chi connectivity index (χ3n) is 4.84. The Kier molecular flexibility index (Phi) is 12.7. The molecule has 1 aliphatic rings. The van der Waals surface area contributed by atoms with Gasteiger partial charge in [0.2, 0.25) is 0 Å². The average Bonchev–Trinajstić information content (AvgIpc) is 2.64. The van der Waals surface area contributed by atoms with E-state index in [1.165, 1.54) is 19.3 Å². The van der Waals surface area contributed by atoms with Gasteiger partial charge < -0.3 is 10.6 Å². The highest BCUT2D eigenvalue weighted by molar-refractivity contribution is 14.0. The first-order valence-corrected chi connectivity index (χ1v) is 10.3. The Morgan fingerprint density at radius 2 is 2.04 bits per heavy atom. The lowest BCUT2D eigenvalue weighted by Crippen LogP contribution is -2.48. The van der Waals surface area contributed by atoms with Gasteiger partial charge in [-0.2, -0.15) is 0 Å². The quantitative estimate of drug-likeness (QED) is 0.239. The Morgan fingerprint density at radius 1 is 1.26 bits per heavy atom. The minimum absolute atomic E-state index is 0. The largest absolute Gasteiger partial charge is 0.357 e. The van der Waals surface area contributed by atoms with E-state index in [4.69, 9.17) is 4.99 Å². The molecule has 1 aliphatic heterocycles. The van der Waals surface area contributed by atoms with Crippen molar-refractivity contribution in [1.29, 1.82) is 0 Å². The highest BCUT2D eigenvalue weighted by atomic mass is 127. The van der Waals surface area contributed by atoms with Crippen LogP contribution in [0.3, 0.4) is 0 Å². The number of halogens is 1. The molecule has 0 amide bonds. The lowest BCUT2D eigenvalue weighted by Gasteiger charge is -2.32. The Balaban J connectivity index is 0.00000364. The van der Waals surface area contributed by atoms with Crippen molar-refractivity contribution in [2.24, 2.45) is 10.9 Å². The number of pyridine rings is 1. The Labute approximate surface area is 182 Å². The van der Waals surface area contributed by atoms with Crippen LogP contribution in [0.4, 0.5) is 0 Å². The molecule has 0 atom stereocenters. The molecule has 0 radical (unpaired) electrons. The highest BCUT2D eigenvalue weighted by Gasteiger charge is 2.20. The van der Waals surface area contributed by atoms with Crippen molar-refractivity contribution < 1.29 is 0 Å². The number of aliphatic imine (C=N–C) groups is 1. The van der Waals surface area contributed by atoms with E-state index < -0.39 is 0 Å². The van der Waals surface area contributed by atoms with Gasteiger partial charge >= 0.3 is 0 Å². The normalized spacial score (nSPS) is 16.2. The summed E-state index contributed by atoms with van der Waals surface area (Å²) in [6.07, 6.45) is 7.94. The van der Waals surface area contributed by atoms with Crippen molar-refractivity contribution in [3.05, 3.63) is 30.1 Å². The van der Waals surface area contributed by atoms with Gasteiger partial charge in [0.1, 0.15) is 0 Å². The summed E-state index contributed by atoms with van der Waals surface area (Å²) in [4.78, 5) is 11.7. The molecule has 0 unspecified atom stereocenters. The predicted octanol–water partition coefficient (Wildman–Crippen LogP) is 4.05. The Bertz CT molecular complexity index is 513. The average molecular weight is 487 g/mol. The molecule has 1 fully saturated rings. The smallest absolute Gasteiger partial charge is 0.191 e. The molecule has 2 rings (SSSR count). The van der Waals surface area contributed by atoms with E-state index >= 15 is 0 Å². The van der Waals surface area contributed by atoms with Gasteiger partial charge in [-0.1, -0.05) is 32.8 Å². The second-order valence-electron chi connectivity index (χ2n) is 7.67. The third-order valence-corrected chi connectivity index (χ3v) is 4.84. The molecular formula is C21H38IN5. The second-order valence-corrected chi connectivity index (χ2v) is 7.67. The number of aromatic nitrogens is 1. The second kappa shape index (κ2) is 14.2. The summed E-state index contributed by atoms with van der Waals surface area (Å²) in [5, 5.41) is 7.03. The molecule has 154 valence electrons. The van der Waals surface area contributed by atoms with Gasteiger partial charge in [0.15, 0.2) is 5.96 Å². The van der Waals surface area contributed by atoms with Crippen molar-refractivity contribution in [2.75, 3.05) is 26.2 Å². The maximum atomic E-state index is 4.76. The van der Waals surface area contributed by atoms with E-state index in [1.807, 2.05) is 12.3 Å². The molecule has 6 heteroatoms. The van der Waals surface area contributed by atoms with Crippen LogP contribution in [0.2, 0.25) is 0 Å². The summed E-state index contributed by atoms with van der Waals surface area (Å²) >= 11 is 0. The number of unbranched alkanes of at least 4 members (excludes halogenated alkanes) is 1. The van der Waals surface area contributed by atoms with Gasteiger partial charge in [-0.15, -0.1) is 24.0 Å². The van der Waals surface area contributed by atoms with E-state index in [2.05, 4.69) is 53.4 Å². The fraction of sp³-hybridized carbons (Fsp3) is 0.714. The van der Waals surface area contributed by atoms with E-state index in [9.17, 15) is 0 Å². The number of nitrogens with zero attached hydrogens (tertiary/aromatic N) is 3. The number of hydrogen-bond donors (Lipinski definition) is 2. The molecular weight excluding hydrogens is 449 g/mol. The monoisotopic (exact) mass is 487 g/mol. The topological polar surface area (TPSA) is 52.6 Å². The van der Waals surface area contributed by atoms with Crippen LogP contribution in [0.1, 0.15) is 58.6 Å². The zero-order valence-electron chi connectivity index (χ0n) is 17.3. The van der Waals surface area contributed by atoms with Gasteiger partial charge in [0.05, 0.1) is 5.69 Å². The van der Waals surface area contributed by atoms with Crippen LogP contribution in [0, 0.1) is 5.92 Å². The minimum Gasteiger partial charge on any atom is -0.357 e. The molecule has 0 bridgehead atoms. The van der Waals surface area contributed by atoms with Gasteiger partial charge in [0, 0.05) is 45.0 Å². The van der Waals surface area contributed by atoms with Crippen molar-refractivity contribution in [1.82, 2.24) is 20.5 Å². The summed E-state index contributed by atoms with van der Waals surface area (Å²) in [7, 11) is 0. The first-order valence-electron chi connectivity index (χ1n) is 10.3. The predicted molar refractivity (Wildman–Crippen MR) is 126 cm³/mol. The van der Waals surface area contributed by atoms with Gasteiger partial charge in [-0.25, -0.2) is 0 Å². The first-order chi connectivity index (χ1) is 12.7. The Hall–Kier alpha value is -0.890. The van der Waals surface area contributed by atoms with Crippen LogP contribution in [0.5, 0.6) is 0 Å². The highest BCUT2D eigenvalue weighted by Crippen LogP contribution is 2.13. The Morgan fingerprint density at radius 3 is 2.67 bits per heavy atom. The van der Waals surface area contributed by atoms with Crippen molar-refractivity contribution in [3.8, 4) is 0 Å². The van der Waals surface area contributed by atoms with Gasteiger partial charge in [-0.3, -0.25) is 14.9 Å². The minimum atomic E-state index is 0. The van der Waals surface area contributed by atoms with Crippen LogP contribution < -0.4 is 10.6 Å². The zero-order valence-corrected chi connectivity index (χ0v) is 19.6. The van der Waals surface area contributed by atoms with E-state index in [0.29, 0.717) is 6.04 Å². The maximum absolute atomic E-state index is 4.76. The number of hydrogen-bond acceptors (Lipinski definition) is 3. The molecule has 5 nitrogen and oxygen atoms in total. The molecule has 2 heterocycles. The molecule has 2 N–H and O–H groups in total. The van der Waals surface area contributed by atoms with Crippen molar-refractivity contribution >= 4 is 29.9 Å². The molecule has 0 saturated carbocycles. The molecule has 0 spiro atoms. The fourth-order valence-electron chi connectivity index (χ4n) is 3.32. The van der Waals surface area contributed by atoms with Crippen LogP contribution in [0.25, 0.3) is 0 Å². The fourth-order valence-corrected chi connectivity index (χ4v) is 3.32. The summed E-state index contributed by atoms with van der Waals surface area (Å²) in [5.41, 5.74) is 1.16. The SMILES string of the molecule is CCNC(=NCCCCC(C)C)NC1CCN(Cc2ccccn2)CC1.I. The number of guanidine groups is 1. The molecule has 0 aromatic carbocycles. The lowest BCUT2D eigenvalue weighted by molar-refractivity contribution is 0.196. The van der Waals surface area contributed by atoms with Crippen LogP contribution in [0.15, 0.2) is 29.4 Å². The van der Waals surface area contributed by atoms with Crippen molar-refractivity contribution in [2.45, 2.75) is 65.5 Å². The molecule has 1 saturated heterocycles. The summed E-state index contributed by atoms with van der Waals surface area (Å²) in [6.45, 7) is 11.7. The number of piperidine rings is 1. The van der Waals surface area contributed by atoms with Gasteiger partial charge in [-0.05, 0) is 44.2 Å². The maximum Gasteiger partial charge on any atom is 0.191 e. The summed E-state index contributed by atoms with van der Waals surface area (Å²) in [5.74, 6) is 1.78. The molecule has 27 heavy (non-hydrogen) atoms. The summed E-state index contributed by atoms with van der Waals surface area (Å²) in [6, 6.07) is 6.67. The summed E-state index contributed by atoms with van der Waals surface area (Å²) < 4.78 is 0. The molecule has 0 aliphatic carbocycles. The molecule has 1 aromatic rings. The van der Waals surface area contributed by atoms with E-state index in [1.54, 1.807) is 0 Å². The van der Waals surface area contributed by atoms with Crippen LogP contribution >= 0.6 is 24.0 Å². The molecule has 1 aromatic heterocycles. The number of nitrogens with one attached hydrogen (secondary N) is 2. The number of rotatable bonds is 9. The standard InChI is InChI=1S/C21H37N5.HI/c1-4-22-21(24-14-7-5-9-18(2)3)25-19-11-15-26(16-12-19)17-20-10-6-8-13-23-20;/h6,8,10,13,18-19H,4-5,7,9,11-12,14-17H2,1-3H3,(H2,22,24,25);1H.